The Kier molecular flexibility index (Phi) is 6.19. The Labute approximate surface area is 185 Å². The molecule has 0 bridgehead atoms. The highest BCUT2D eigenvalue weighted by Gasteiger charge is 2.35. The van der Waals surface area contributed by atoms with Crippen LogP contribution in [-0.4, -0.2) is 56.1 Å². The number of ether oxygens (including phenoxy) is 2. The molecular weight excluding hydrogens is 436 g/mol. The second-order valence-corrected chi connectivity index (χ2v) is 9.22. The number of carbonyl (C=O) groups is 1. The monoisotopic (exact) mass is 460 g/mol. The van der Waals surface area contributed by atoms with Crippen molar-refractivity contribution in [3.63, 3.8) is 0 Å². The number of aromatic nitrogens is 2. The van der Waals surface area contributed by atoms with Gasteiger partial charge in [-0.15, -0.1) is 0 Å². The predicted molar refractivity (Wildman–Crippen MR) is 116 cm³/mol. The van der Waals surface area contributed by atoms with Crippen molar-refractivity contribution in [3.8, 4) is 23.0 Å². The Morgan fingerprint density at radius 3 is 2.72 bits per heavy atom. The SMILES string of the molecule is COc1ccc(NC(=O)[C@H]2CCCN(S(=O)(=O)c3ccc(-c4ccn[nH]4)o3)C2)cc1OC. The van der Waals surface area contributed by atoms with Gasteiger partial charge in [-0.1, -0.05) is 0 Å². The van der Waals surface area contributed by atoms with Crippen molar-refractivity contribution >= 4 is 21.6 Å². The Hall–Kier alpha value is -3.31. The fourth-order valence-electron chi connectivity index (χ4n) is 3.66. The molecule has 0 spiro atoms. The molecule has 11 heteroatoms. The van der Waals surface area contributed by atoms with Gasteiger partial charge in [-0.25, -0.2) is 8.42 Å². The van der Waals surface area contributed by atoms with Gasteiger partial charge in [0.25, 0.3) is 10.0 Å². The van der Waals surface area contributed by atoms with Crippen LogP contribution in [0.3, 0.4) is 0 Å². The highest BCUT2D eigenvalue weighted by atomic mass is 32.2. The average Bonchev–Trinajstić information content (AvgIpc) is 3.51. The first-order valence-electron chi connectivity index (χ1n) is 10.0. The van der Waals surface area contributed by atoms with Crippen LogP contribution < -0.4 is 14.8 Å². The van der Waals surface area contributed by atoms with Crippen molar-refractivity contribution in [1.29, 1.82) is 0 Å². The van der Waals surface area contributed by atoms with E-state index in [9.17, 15) is 13.2 Å². The van der Waals surface area contributed by atoms with Crippen molar-refractivity contribution in [2.75, 3.05) is 32.6 Å². The quantitative estimate of drug-likeness (QED) is 0.555. The Morgan fingerprint density at radius 1 is 1.19 bits per heavy atom. The van der Waals surface area contributed by atoms with E-state index in [2.05, 4.69) is 15.5 Å². The summed E-state index contributed by atoms with van der Waals surface area (Å²) in [5, 5.41) is 9.25. The normalized spacial score (nSPS) is 17.1. The molecule has 0 aliphatic carbocycles. The van der Waals surface area contributed by atoms with Crippen LogP contribution in [0.5, 0.6) is 11.5 Å². The number of nitrogens with one attached hydrogen (secondary N) is 2. The van der Waals surface area contributed by atoms with Crippen LogP contribution in [0.2, 0.25) is 0 Å². The molecule has 1 saturated heterocycles. The van der Waals surface area contributed by atoms with Crippen LogP contribution >= 0.6 is 0 Å². The molecule has 4 rings (SSSR count). The van der Waals surface area contributed by atoms with E-state index in [1.54, 1.807) is 36.5 Å². The molecule has 3 aromatic rings. The number of carbonyl (C=O) groups excluding carboxylic acids is 1. The van der Waals surface area contributed by atoms with Gasteiger partial charge in [0.05, 0.1) is 20.1 Å². The average molecular weight is 461 g/mol. The smallest absolute Gasteiger partial charge is 0.276 e. The molecule has 1 aromatic carbocycles. The lowest BCUT2D eigenvalue weighted by Crippen LogP contribution is -2.43. The third kappa shape index (κ3) is 4.34. The van der Waals surface area contributed by atoms with Crippen molar-refractivity contribution in [3.05, 3.63) is 42.6 Å². The van der Waals surface area contributed by atoms with Gasteiger partial charge in [0.1, 0.15) is 5.69 Å². The number of sulfonamides is 1. The summed E-state index contributed by atoms with van der Waals surface area (Å²) >= 11 is 0. The molecule has 1 aliphatic rings. The van der Waals surface area contributed by atoms with Gasteiger partial charge in [-0.05, 0) is 43.2 Å². The van der Waals surface area contributed by atoms with E-state index in [-0.39, 0.29) is 17.5 Å². The van der Waals surface area contributed by atoms with Gasteiger partial charge in [0.15, 0.2) is 17.3 Å². The number of piperidine rings is 1. The molecule has 1 atom stereocenters. The number of hydrogen-bond donors (Lipinski definition) is 2. The summed E-state index contributed by atoms with van der Waals surface area (Å²) in [4.78, 5) is 12.9. The number of furan rings is 1. The fraction of sp³-hybridized carbons (Fsp3) is 0.333. The van der Waals surface area contributed by atoms with Crippen molar-refractivity contribution in [2.24, 2.45) is 5.92 Å². The zero-order valence-electron chi connectivity index (χ0n) is 17.7. The molecule has 3 heterocycles. The van der Waals surface area contributed by atoms with Crippen LogP contribution in [0.1, 0.15) is 12.8 Å². The predicted octanol–water partition coefficient (Wildman–Crippen LogP) is 2.73. The van der Waals surface area contributed by atoms with E-state index in [1.165, 1.54) is 24.6 Å². The van der Waals surface area contributed by atoms with Crippen molar-refractivity contribution < 1.29 is 27.1 Å². The minimum absolute atomic E-state index is 0.0710. The third-order valence-electron chi connectivity index (χ3n) is 5.35. The Bertz CT molecular complexity index is 1190. The molecule has 10 nitrogen and oxygen atoms in total. The number of rotatable bonds is 7. The number of amides is 1. The van der Waals surface area contributed by atoms with E-state index in [4.69, 9.17) is 13.9 Å². The molecule has 1 aliphatic heterocycles. The van der Waals surface area contributed by atoms with E-state index in [0.29, 0.717) is 48.0 Å². The Balaban J connectivity index is 1.46. The van der Waals surface area contributed by atoms with Gasteiger partial charge in [-0.2, -0.15) is 9.40 Å². The number of benzene rings is 1. The van der Waals surface area contributed by atoms with Crippen molar-refractivity contribution in [2.45, 2.75) is 17.9 Å². The molecule has 0 unspecified atom stereocenters. The molecule has 1 fully saturated rings. The minimum atomic E-state index is -3.88. The largest absolute Gasteiger partial charge is 0.493 e. The number of nitrogens with zero attached hydrogens (tertiary/aromatic N) is 2. The maximum absolute atomic E-state index is 13.1. The standard InChI is InChI=1S/C21H24N4O6S/c1-29-18-6-5-15(12-19(18)30-2)23-21(26)14-4-3-11-25(13-14)32(27,28)20-8-7-17(31-20)16-9-10-22-24-16/h5-10,12,14H,3-4,11,13H2,1-2H3,(H,22,24)(H,23,26)/t14-/m0/s1. The molecular formula is C21H24N4O6S. The molecule has 2 aromatic heterocycles. The molecule has 2 N–H and O–H groups in total. The number of methoxy groups -OCH3 is 2. The lowest BCUT2D eigenvalue weighted by molar-refractivity contribution is -0.120. The Morgan fingerprint density at radius 2 is 2.00 bits per heavy atom. The zero-order valence-corrected chi connectivity index (χ0v) is 18.5. The van der Waals surface area contributed by atoms with Crippen LogP contribution in [0.25, 0.3) is 11.5 Å². The maximum atomic E-state index is 13.1. The summed E-state index contributed by atoms with van der Waals surface area (Å²) in [5.74, 6) is 0.668. The summed E-state index contributed by atoms with van der Waals surface area (Å²) < 4.78 is 43.5. The van der Waals surface area contributed by atoms with E-state index in [1.807, 2.05) is 0 Å². The topological polar surface area (TPSA) is 127 Å². The lowest BCUT2D eigenvalue weighted by Gasteiger charge is -2.30. The van der Waals surface area contributed by atoms with E-state index < -0.39 is 15.9 Å². The highest BCUT2D eigenvalue weighted by molar-refractivity contribution is 7.89. The summed E-state index contributed by atoms with van der Waals surface area (Å²) in [6.07, 6.45) is 2.71. The molecule has 1 amide bonds. The number of anilines is 1. The lowest BCUT2D eigenvalue weighted by atomic mass is 9.98. The molecule has 170 valence electrons. The number of aromatic amines is 1. The maximum Gasteiger partial charge on any atom is 0.276 e. The molecule has 0 saturated carbocycles. The van der Waals surface area contributed by atoms with Crippen molar-refractivity contribution in [1.82, 2.24) is 14.5 Å². The summed E-state index contributed by atoms with van der Waals surface area (Å²) in [5.41, 5.74) is 1.13. The fourth-order valence-corrected chi connectivity index (χ4v) is 5.09. The van der Waals surface area contributed by atoms with Gasteiger partial charge in [0.2, 0.25) is 11.0 Å². The van der Waals surface area contributed by atoms with Crippen LogP contribution in [-0.2, 0) is 14.8 Å². The van der Waals surface area contributed by atoms with Crippen LogP contribution in [0, 0.1) is 5.92 Å². The first-order chi connectivity index (χ1) is 15.4. The van der Waals surface area contributed by atoms with Gasteiger partial charge in [-0.3, -0.25) is 9.89 Å². The summed E-state index contributed by atoms with van der Waals surface area (Å²) in [7, 11) is -0.830. The van der Waals surface area contributed by atoms with Gasteiger partial charge in [0, 0.05) is 31.0 Å². The molecule has 32 heavy (non-hydrogen) atoms. The van der Waals surface area contributed by atoms with E-state index >= 15 is 0 Å². The first kappa shape index (κ1) is 21.9. The van der Waals surface area contributed by atoms with E-state index in [0.717, 1.165) is 0 Å². The second-order valence-electron chi connectivity index (χ2n) is 7.35. The van der Waals surface area contributed by atoms with Gasteiger partial charge >= 0.3 is 0 Å². The molecule has 0 radical (unpaired) electrons. The van der Waals surface area contributed by atoms with Gasteiger partial charge < -0.3 is 19.2 Å². The zero-order chi connectivity index (χ0) is 22.7. The second kappa shape index (κ2) is 9.05. The van der Waals surface area contributed by atoms with Crippen LogP contribution in [0.15, 0.2) is 52.1 Å². The number of H-pyrrole nitrogens is 1. The van der Waals surface area contributed by atoms with Crippen LogP contribution in [0.4, 0.5) is 5.69 Å². The summed E-state index contributed by atoms with van der Waals surface area (Å²) in [6.45, 7) is 0.393. The summed E-state index contributed by atoms with van der Waals surface area (Å²) in [6, 6.07) is 9.74. The highest BCUT2D eigenvalue weighted by Crippen LogP contribution is 2.31. The number of hydrogen-bond acceptors (Lipinski definition) is 7. The first-order valence-corrected chi connectivity index (χ1v) is 11.5. The minimum Gasteiger partial charge on any atom is -0.493 e. The third-order valence-corrected chi connectivity index (χ3v) is 7.09.